The summed E-state index contributed by atoms with van der Waals surface area (Å²) in [7, 11) is 0. The van der Waals surface area contributed by atoms with Crippen molar-refractivity contribution in [1.29, 1.82) is 0 Å². The van der Waals surface area contributed by atoms with Gasteiger partial charge in [-0.1, -0.05) is 18.5 Å². The van der Waals surface area contributed by atoms with Gasteiger partial charge in [0.15, 0.2) is 5.82 Å². The van der Waals surface area contributed by atoms with Gasteiger partial charge in [0.2, 0.25) is 11.8 Å². The van der Waals surface area contributed by atoms with E-state index in [0.717, 1.165) is 19.3 Å². The van der Waals surface area contributed by atoms with Gasteiger partial charge in [0, 0.05) is 36.8 Å². The third-order valence-corrected chi connectivity index (χ3v) is 6.17. The molecule has 2 bridgehead atoms. The molecule has 0 radical (unpaired) electrons. The Morgan fingerprint density at radius 3 is 2.87 bits per heavy atom. The number of aromatic nitrogens is 5. The number of nitrogens with zero attached hydrogens (tertiary/aromatic N) is 6. The summed E-state index contributed by atoms with van der Waals surface area (Å²) in [6.07, 6.45) is 5.63. The van der Waals surface area contributed by atoms with Gasteiger partial charge in [0.05, 0.1) is 11.2 Å². The number of hydrogen-bond acceptors (Lipinski definition) is 7. The summed E-state index contributed by atoms with van der Waals surface area (Å²) in [4.78, 5) is 19.3. The van der Waals surface area contributed by atoms with Crippen LogP contribution in [0.2, 0.25) is 5.02 Å². The fourth-order valence-electron chi connectivity index (χ4n) is 4.76. The van der Waals surface area contributed by atoms with Crippen molar-refractivity contribution in [2.75, 3.05) is 5.32 Å². The van der Waals surface area contributed by atoms with Gasteiger partial charge in [0.25, 0.3) is 0 Å². The second-order valence-electron chi connectivity index (χ2n) is 8.02. The van der Waals surface area contributed by atoms with Crippen LogP contribution in [0.4, 0.5) is 10.5 Å². The van der Waals surface area contributed by atoms with Crippen molar-refractivity contribution in [1.82, 2.24) is 30.3 Å². The molecule has 3 heterocycles. The molecule has 2 amide bonds. The van der Waals surface area contributed by atoms with Crippen LogP contribution in [0, 0.1) is 12.8 Å². The number of rotatable bonds is 3. The average Bonchev–Trinajstić information content (AvgIpc) is 3.16. The summed E-state index contributed by atoms with van der Waals surface area (Å²) in [5.74, 6) is 1.88. The van der Waals surface area contributed by atoms with Gasteiger partial charge in [0.1, 0.15) is 5.54 Å². The summed E-state index contributed by atoms with van der Waals surface area (Å²) >= 11 is 6.31. The Morgan fingerprint density at radius 1 is 1.27 bits per heavy atom. The molecule has 1 saturated carbocycles. The van der Waals surface area contributed by atoms with Gasteiger partial charge >= 0.3 is 6.03 Å². The predicted octanol–water partition coefficient (Wildman–Crippen LogP) is 3.82. The molecular formula is C20H20ClN7O2. The Hall–Kier alpha value is -3.07. The number of piperidine rings is 1. The standard InChI is InChI=1S/C20H20ClN7O2/c1-11-7-14-10-20(9-11,18-27-25-12(2)30-18)28(14)19(29)24-13-3-4-16(21)15(8-13)17-22-5-6-23-26-17/h3-6,8,11,14H,7,9-10H2,1-2H3,(H,24,29). The van der Waals surface area contributed by atoms with Crippen molar-refractivity contribution < 1.29 is 9.21 Å². The molecule has 9 nitrogen and oxygen atoms in total. The van der Waals surface area contributed by atoms with E-state index in [-0.39, 0.29) is 12.1 Å². The Morgan fingerprint density at radius 2 is 2.13 bits per heavy atom. The minimum atomic E-state index is -0.546. The lowest BCUT2D eigenvalue weighted by Gasteiger charge is -2.61. The summed E-state index contributed by atoms with van der Waals surface area (Å²) in [5.41, 5.74) is 0.652. The molecule has 2 aliphatic rings. The van der Waals surface area contributed by atoms with Crippen LogP contribution in [0.25, 0.3) is 11.4 Å². The minimum Gasteiger partial charge on any atom is -0.423 e. The number of halogens is 1. The normalized spacial score (nSPS) is 25.0. The van der Waals surface area contributed by atoms with Gasteiger partial charge in [-0.3, -0.25) is 0 Å². The van der Waals surface area contributed by atoms with E-state index in [0.29, 0.717) is 39.8 Å². The lowest BCUT2D eigenvalue weighted by molar-refractivity contribution is -0.110. The summed E-state index contributed by atoms with van der Waals surface area (Å²) in [6, 6.07) is 5.16. The number of carbonyl (C=O) groups excluding carboxylic acids is 1. The van der Waals surface area contributed by atoms with E-state index in [9.17, 15) is 4.79 Å². The number of likely N-dealkylation sites (tertiary alicyclic amines) is 1. The quantitative estimate of drug-likeness (QED) is 0.679. The number of amides is 2. The zero-order valence-electron chi connectivity index (χ0n) is 16.5. The number of benzene rings is 1. The number of anilines is 1. The SMILES string of the molecule is Cc1nnc(C23CC(C)CC(C2)N3C(=O)Nc2ccc(Cl)c(-c3nccnn3)c2)o1. The predicted molar refractivity (Wildman–Crippen MR) is 109 cm³/mol. The van der Waals surface area contributed by atoms with E-state index in [4.69, 9.17) is 16.0 Å². The molecule has 1 N–H and O–H groups in total. The fourth-order valence-corrected chi connectivity index (χ4v) is 4.96. The number of aryl methyl sites for hydroxylation is 1. The van der Waals surface area contributed by atoms with E-state index in [1.807, 2.05) is 4.90 Å². The largest absolute Gasteiger partial charge is 0.423 e. The molecule has 2 aromatic heterocycles. The van der Waals surface area contributed by atoms with E-state index >= 15 is 0 Å². The average molecular weight is 426 g/mol. The van der Waals surface area contributed by atoms with Gasteiger partial charge in [-0.05, 0) is 37.0 Å². The molecule has 1 aliphatic heterocycles. The molecule has 30 heavy (non-hydrogen) atoms. The van der Waals surface area contributed by atoms with Gasteiger partial charge in [-0.25, -0.2) is 9.78 Å². The Kier molecular flexibility index (Phi) is 4.43. The van der Waals surface area contributed by atoms with Crippen LogP contribution in [0.15, 0.2) is 35.0 Å². The lowest BCUT2D eigenvalue weighted by Crippen LogP contribution is -2.70. The Labute approximate surface area is 177 Å². The van der Waals surface area contributed by atoms with Crippen molar-refractivity contribution >= 4 is 23.3 Å². The van der Waals surface area contributed by atoms with Crippen molar-refractivity contribution in [2.24, 2.45) is 5.92 Å². The first-order chi connectivity index (χ1) is 14.5. The van der Waals surface area contributed by atoms with Crippen LogP contribution in [0.5, 0.6) is 0 Å². The molecule has 2 fully saturated rings. The molecule has 154 valence electrons. The first-order valence-corrected chi connectivity index (χ1v) is 10.2. The monoisotopic (exact) mass is 425 g/mol. The van der Waals surface area contributed by atoms with Crippen LogP contribution in [0.3, 0.4) is 0 Å². The minimum absolute atomic E-state index is 0.148. The van der Waals surface area contributed by atoms with Crippen molar-refractivity contribution in [3.63, 3.8) is 0 Å². The first-order valence-electron chi connectivity index (χ1n) is 9.81. The number of urea groups is 1. The molecule has 3 unspecified atom stereocenters. The highest BCUT2D eigenvalue weighted by Gasteiger charge is 2.62. The summed E-state index contributed by atoms with van der Waals surface area (Å²) in [5, 5.41) is 19.5. The fraction of sp³-hybridized carbons (Fsp3) is 0.400. The Balaban J connectivity index is 1.43. The van der Waals surface area contributed by atoms with E-state index in [2.05, 4.69) is 37.6 Å². The van der Waals surface area contributed by atoms with E-state index in [1.165, 1.54) is 6.20 Å². The number of fused-ring (bicyclic) bond motifs is 2. The number of hydrogen-bond donors (Lipinski definition) is 1. The number of carbonyl (C=O) groups is 1. The Bertz CT molecular complexity index is 1110. The van der Waals surface area contributed by atoms with Crippen molar-refractivity contribution in [2.45, 2.75) is 44.7 Å². The number of nitrogens with one attached hydrogen (secondary N) is 1. The maximum Gasteiger partial charge on any atom is 0.323 e. The summed E-state index contributed by atoms with van der Waals surface area (Å²) < 4.78 is 5.75. The van der Waals surface area contributed by atoms with Crippen LogP contribution >= 0.6 is 11.6 Å². The maximum absolute atomic E-state index is 13.3. The molecule has 1 saturated heterocycles. The topological polar surface area (TPSA) is 110 Å². The molecule has 3 aromatic rings. The highest BCUT2D eigenvalue weighted by atomic mass is 35.5. The molecule has 1 aliphatic carbocycles. The smallest absolute Gasteiger partial charge is 0.323 e. The third kappa shape index (κ3) is 3.00. The van der Waals surface area contributed by atoms with Gasteiger partial charge in [-0.2, -0.15) is 5.10 Å². The van der Waals surface area contributed by atoms with Gasteiger partial charge in [-0.15, -0.1) is 15.3 Å². The summed E-state index contributed by atoms with van der Waals surface area (Å²) in [6.45, 7) is 3.95. The molecule has 5 rings (SSSR count). The van der Waals surface area contributed by atoms with Gasteiger partial charge < -0.3 is 14.6 Å². The van der Waals surface area contributed by atoms with E-state index in [1.54, 1.807) is 31.3 Å². The van der Waals surface area contributed by atoms with Crippen molar-refractivity contribution in [3.05, 3.63) is 47.4 Å². The highest BCUT2D eigenvalue weighted by molar-refractivity contribution is 6.33. The first kappa shape index (κ1) is 18.9. The van der Waals surface area contributed by atoms with E-state index < -0.39 is 5.54 Å². The van der Waals surface area contributed by atoms with Crippen LogP contribution in [-0.4, -0.2) is 42.4 Å². The van der Waals surface area contributed by atoms with Crippen LogP contribution < -0.4 is 5.32 Å². The second-order valence-corrected chi connectivity index (χ2v) is 8.43. The molecule has 0 spiro atoms. The zero-order chi connectivity index (χ0) is 20.9. The zero-order valence-corrected chi connectivity index (χ0v) is 17.3. The second kappa shape index (κ2) is 7.02. The molecular weight excluding hydrogens is 406 g/mol. The van der Waals surface area contributed by atoms with Crippen LogP contribution in [0.1, 0.15) is 38.0 Å². The molecule has 10 heteroatoms. The third-order valence-electron chi connectivity index (χ3n) is 5.84. The molecule has 1 aromatic carbocycles. The van der Waals surface area contributed by atoms with Crippen molar-refractivity contribution in [3.8, 4) is 11.4 Å². The maximum atomic E-state index is 13.3. The lowest BCUT2D eigenvalue weighted by atomic mass is 9.64. The van der Waals surface area contributed by atoms with Crippen LogP contribution in [-0.2, 0) is 5.54 Å². The highest BCUT2D eigenvalue weighted by Crippen LogP contribution is 2.55. The molecule has 3 atom stereocenters.